The van der Waals surface area contributed by atoms with Crippen LogP contribution in [0.25, 0.3) is 0 Å². The zero-order valence-corrected chi connectivity index (χ0v) is 12.4. The normalized spacial score (nSPS) is 11.5. The van der Waals surface area contributed by atoms with Gasteiger partial charge in [0.25, 0.3) is 0 Å². The van der Waals surface area contributed by atoms with Crippen molar-refractivity contribution in [2.45, 2.75) is 11.4 Å². The van der Waals surface area contributed by atoms with Crippen molar-refractivity contribution < 1.29 is 22.8 Å². The molecule has 0 aliphatic rings. The molecule has 0 unspecified atom stereocenters. The Bertz CT molecular complexity index is 776. The first-order valence-corrected chi connectivity index (χ1v) is 7.52. The van der Waals surface area contributed by atoms with Crippen molar-refractivity contribution in [3.63, 3.8) is 0 Å². The van der Waals surface area contributed by atoms with Crippen molar-refractivity contribution in [1.82, 2.24) is 14.9 Å². The zero-order chi connectivity index (χ0) is 15.6. The molecule has 1 aromatic carbocycles. The summed E-state index contributed by atoms with van der Waals surface area (Å²) in [5, 5.41) is 12.0. The first-order chi connectivity index (χ1) is 9.81. The SMILES string of the molecule is O=C(O)c1cc(S(=O)(=O)NCc2ncon2)c(Cl)cc1Cl. The van der Waals surface area contributed by atoms with Crippen molar-refractivity contribution in [1.29, 1.82) is 0 Å². The molecule has 1 aromatic heterocycles. The summed E-state index contributed by atoms with van der Waals surface area (Å²) in [6.45, 7) is -0.236. The van der Waals surface area contributed by atoms with E-state index in [4.69, 9.17) is 28.3 Å². The minimum absolute atomic E-state index is 0.113. The first-order valence-electron chi connectivity index (χ1n) is 5.28. The number of benzene rings is 1. The third-order valence-electron chi connectivity index (χ3n) is 2.37. The molecule has 2 N–H and O–H groups in total. The number of hydrogen-bond donors (Lipinski definition) is 2. The summed E-state index contributed by atoms with van der Waals surface area (Å²) in [7, 11) is -4.07. The maximum absolute atomic E-state index is 12.1. The van der Waals surface area contributed by atoms with E-state index in [0.717, 1.165) is 18.5 Å². The molecule has 0 amide bonds. The van der Waals surface area contributed by atoms with E-state index in [-0.39, 0.29) is 28.0 Å². The molecule has 0 atom stereocenters. The van der Waals surface area contributed by atoms with Crippen LogP contribution in [0.3, 0.4) is 0 Å². The molecular formula is C10H7Cl2N3O5S. The Morgan fingerprint density at radius 1 is 1.33 bits per heavy atom. The van der Waals surface area contributed by atoms with Gasteiger partial charge in [-0.3, -0.25) is 0 Å². The molecule has 0 aliphatic carbocycles. The number of nitrogens with zero attached hydrogens (tertiary/aromatic N) is 2. The molecular weight excluding hydrogens is 345 g/mol. The van der Waals surface area contributed by atoms with Crippen molar-refractivity contribution in [2.75, 3.05) is 0 Å². The van der Waals surface area contributed by atoms with Crippen LogP contribution in [0.4, 0.5) is 0 Å². The molecule has 0 spiro atoms. The molecule has 0 bridgehead atoms. The number of hydrogen-bond acceptors (Lipinski definition) is 6. The summed E-state index contributed by atoms with van der Waals surface area (Å²) >= 11 is 11.5. The summed E-state index contributed by atoms with van der Waals surface area (Å²) in [4.78, 5) is 14.2. The lowest BCUT2D eigenvalue weighted by Gasteiger charge is -2.09. The number of sulfonamides is 1. The zero-order valence-electron chi connectivity index (χ0n) is 10.1. The monoisotopic (exact) mass is 351 g/mol. The fourth-order valence-corrected chi connectivity index (χ4v) is 3.24. The van der Waals surface area contributed by atoms with Crippen LogP contribution in [0.5, 0.6) is 0 Å². The van der Waals surface area contributed by atoms with Gasteiger partial charge in [0.05, 0.1) is 22.2 Å². The molecule has 8 nitrogen and oxygen atoms in total. The lowest BCUT2D eigenvalue weighted by molar-refractivity contribution is 0.0697. The van der Waals surface area contributed by atoms with E-state index in [0.29, 0.717) is 0 Å². The molecule has 0 fully saturated rings. The topological polar surface area (TPSA) is 122 Å². The highest BCUT2D eigenvalue weighted by Gasteiger charge is 2.22. The Hall–Kier alpha value is -1.68. The maximum atomic E-state index is 12.1. The fourth-order valence-electron chi connectivity index (χ4n) is 1.41. The van der Waals surface area contributed by atoms with Crippen LogP contribution < -0.4 is 4.72 Å². The molecule has 0 saturated heterocycles. The predicted octanol–water partition coefficient (Wildman–Crippen LogP) is 1.55. The summed E-state index contributed by atoms with van der Waals surface area (Å²) in [5.41, 5.74) is -0.374. The van der Waals surface area contributed by atoms with Crippen molar-refractivity contribution in [3.8, 4) is 0 Å². The highest BCUT2D eigenvalue weighted by molar-refractivity contribution is 7.89. The van der Waals surface area contributed by atoms with Crippen LogP contribution >= 0.6 is 23.2 Å². The van der Waals surface area contributed by atoms with E-state index in [1.807, 2.05) is 0 Å². The van der Waals surface area contributed by atoms with Gasteiger partial charge in [0.2, 0.25) is 16.4 Å². The van der Waals surface area contributed by atoms with E-state index in [9.17, 15) is 13.2 Å². The van der Waals surface area contributed by atoms with Crippen LogP contribution in [-0.4, -0.2) is 29.6 Å². The number of carbonyl (C=O) groups is 1. The second kappa shape index (κ2) is 5.98. The van der Waals surface area contributed by atoms with E-state index in [2.05, 4.69) is 19.4 Å². The van der Waals surface area contributed by atoms with E-state index < -0.39 is 20.9 Å². The van der Waals surface area contributed by atoms with E-state index in [1.54, 1.807) is 0 Å². The lowest BCUT2D eigenvalue weighted by atomic mass is 10.2. The van der Waals surface area contributed by atoms with Gasteiger partial charge in [-0.1, -0.05) is 28.4 Å². The van der Waals surface area contributed by atoms with E-state index >= 15 is 0 Å². The highest BCUT2D eigenvalue weighted by atomic mass is 35.5. The molecule has 2 rings (SSSR count). The van der Waals surface area contributed by atoms with Gasteiger partial charge in [-0.2, -0.15) is 4.98 Å². The second-order valence-corrected chi connectivity index (χ2v) is 6.29. The number of nitrogens with one attached hydrogen (secondary N) is 1. The number of aromatic carboxylic acids is 1. The molecule has 0 aliphatic heterocycles. The Morgan fingerprint density at radius 2 is 2.05 bits per heavy atom. The molecule has 112 valence electrons. The fraction of sp³-hybridized carbons (Fsp3) is 0.100. The van der Waals surface area contributed by atoms with Crippen molar-refractivity contribution in [2.24, 2.45) is 0 Å². The van der Waals surface area contributed by atoms with Crippen LogP contribution in [0, 0.1) is 0 Å². The summed E-state index contributed by atoms with van der Waals surface area (Å²) in [5.74, 6) is -1.26. The van der Waals surface area contributed by atoms with Gasteiger partial charge in [-0.25, -0.2) is 17.9 Å². The van der Waals surface area contributed by atoms with Gasteiger partial charge in [-0.05, 0) is 12.1 Å². The minimum atomic E-state index is -4.07. The smallest absolute Gasteiger partial charge is 0.337 e. The number of carboxylic acid groups (broad SMARTS) is 1. The molecule has 2 aromatic rings. The Morgan fingerprint density at radius 3 is 2.62 bits per heavy atom. The summed E-state index contributed by atoms with van der Waals surface area (Å²) in [6, 6.07) is 1.93. The van der Waals surface area contributed by atoms with Crippen LogP contribution in [0.1, 0.15) is 16.2 Å². The van der Waals surface area contributed by atoms with Gasteiger partial charge in [0, 0.05) is 0 Å². The van der Waals surface area contributed by atoms with Crippen molar-refractivity contribution >= 4 is 39.2 Å². The summed E-state index contributed by atoms with van der Waals surface area (Å²) in [6.07, 6.45) is 1.04. The molecule has 1 heterocycles. The Labute approximate surface area is 128 Å². The molecule has 0 radical (unpaired) electrons. The van der Waals surface area contributed by atoms with Gasteiger partial charge >= 0.3 is 5.97 Å². The molecule has 11 heteroatoms. The number of aromatic nitrogens is 2. The number of rotatable bonds is 5. The average Bonchev–Trinajstić information content (AvgIpc) is 2.88. The van der Waals surface area contributed by atoms with Crippen LogP contribution in [0.15, 0.2) is 27.9 Å². The minimum Gasteiger partial charge on any atom is -0.478 e. The number of carboxylic acids is 1. The Balaban J connectivity index is 2.35. The van der Waals surface area contributed by atoms with Crippen LogP contribution in [0.2, 0.25) is 10.0 Å². The lowest BCUT2D eigenvalue weighted by Crippen LogP contribution is -2.24. The molecule has 21 heavy (non-hydrogen) atoms. The highest BCUT2D eigenvalue weighted by Crippen LogP contribution is 2.28. The van der Waals surface area contributed by atoms with Gasteiger partial charge in [-0.15, -0.1) is 0 Å². The second-order valence-electron chi connectivity index (χ2n) is 3.74. The first kappa shape index (κ1) is 15.7. The van der Waals surface area contributed by atoms with Gasteiger partial charge in [0.1, 0.15) is 4.90 Å². The molecule has 0 saturated carbocycles. The quantitative estimate of drug-likeness (QED) is 0.837. The largest absolute Gasteiger partial charge is 0.478 e. The summed E-state index contributed by atoms with van der Waals surface area (Å²) < 4.78 is 30.9. The van der Waals surface area contributed by atoms with Crippen molar-refractivity contribution in [3.05, 3.63) is 40.0 Å². The standard InChI is InChI=1S/C10H7Cl2N3O5S/c11-6-2-7(12)8(1-5(6)10(16)17)21(18,19)14-3-9-13-4-20-15-9/h1-2,4,14H,3H2,(H,16,17). The van der Waals surface area contributed by atoms with E-state index in [1.165, 1.54) is 0 Å². The average molecular weight is 352 g/mol. The van der Waals surface area contributed by atoms with Gasteiger partial charge < -0.3 is 9.63 Å². The predicted molar refractivity (Wildman–Crippen MR) is 71.7 cm³/mol. The third kappa shape index (κ3) is 3.50. The Kier molecular flexibility index (Phi) is 4.47. The maximum Gasteiger partial charge on any atom is 0.337 e. The van der Waals surface area contributed by atoms with Gasteiger partial charge in [0.15, 0.2) is 5.82 Å². The van der Waals surface area contributed by atoms with Crippen LogP contribution in [-0.2, 0) is 16.6 Å². The number of halogens is 2. The third-order valence-corrected chi connectivity index (χ3v) is 4.55.